The molecule has 0 spiro atoms. The molecule has 0 saturated heterocycles. The third-order valence-corrected chi connectivity index (χ3v) is 1.91. The maximum Gasteiger partial charge on any atom is 0.113 e. The van der Waals surface area contributed by atoms with Crippen molar-refractivity contribution in [3.8, 4) is 5.69 Å². The van der Waals surface area contributed by atoms with E-state index in [-0.39, 0.29) is 0 Å². The van der Waals surface area contributed by atoms with Crippen LogP contribution in [0.2, 0.25) is 0 Å². The van der Waals surface area contributed by atoms with Gasteiger partial charge in [-0.25, -0.2) is 4.68 Å². The molecule has 0 fully saturated rings. The van der Waals surface area contributed by atoms with E-state index in [0.29, 0.717) is 6.54 Å². The molecule has 2 N–H and O–H groups in total. The van der Waals surface area contributed by atoms with Crippen LogP contribution >= 0.6 is 0 Å². The molecule has 1 aromatic heterocycles. The van der Waals surface area contributed by atoms with Crippen LogP contribution in [-0.4, -0.2) is 9.78 Å². The smallest absolute Gasteiger partial charge is 0.113 e. The molecule has 2 aromatic rings. The summed E-state index contributed by atoms with van der Waals surface area (Å²) in [4.78, 5) is 0. The van der Waals surface area contributed by atoms with Crippen LogP contribution in [0.15, 0.2) is 36.5 Å². The highest BCUT2D eigenvalue weighted by Crippen LogP contribution is 2.11. The molecule has 0 bridgehead atoms. The summed E-state index contributed by atoms with van der Waals surface area (Å²) in [6.45, 7) is 0.524. The summed E-state index contributed by atoms with van der Waals surface area (Å²) in [5.41, 5.74) is 7.71. The van der Waals surface area contributed by atoms with Crippen molar-refractivity contribution in [1.29, 1.82) is 0 Å². The summed E-state index contributed by atoms with van der Waals surface area (Å²) in [7, 11) is 0. The Morgan fingerprint density at radius 3 is 2.92 bits per heavy atom. The second-order valence-corrected chi connectivity index (χ2v) is 2.72. The van der Waals surface area contributed by atoms with E-state index in [1.165, 1.54) is 0 Å². The minimum atomic E-state index is 0.524. The lowest BCUT2D eigenvalue weighted by atomic mass is 10.2. The molecule has 0 unspecified atom stereocenters. The van der Waals surface area contributed by atoms with Gasteiger partial charge in [0.05, 0.1) is 5.69 Å². The number of nitrogens with two attached hydrogens (primary N) is 1. The normalized spacial score (nSPS) is 10.2. The highest BCUT2D eigenvalue weighted by atomic mass is 15.3. The predicted octanol–water partition coefficient (Wildman–Crippen LogP) is 1.13. The number of nitrogens with zero attached hydrogens (tertiary/aromatic N) is 2. The van der Waals surface area contributed by atoms with E-state index in [2.05, 4.69) is 11.3 Å². The lowest BCUT2D eigenvalue weighted by Gasteiger charge is -2.06. The quantitative estimate of drug-likeness (QED) is 0.738. The van der Waals surface area contributed by atoms with Gasteiger partial charge in [-0.05, 0) is 17.7 Å². The Labute approximate surface area is 76.8 Å². The summed E-state index contributed by atoms with van der Waals surface area (Å²) in [5.74, 6) is 0. The Morgan fingerprint density at radius 1 is 1.38 bits per heavy atom. The van der Waals surface area contributed by atoms with Gasteiger partial charge in [0.1, 0.15) is 6.20 Å². The van der Waals surface area contributed by atoms with Crippen molar-refractivity contribution in [2.45, 2.75) is 6.54 Å². The molecule has 0 aliphatic heterocycles. The molecule has 0 amide bonds. The van der Waals surface area contributed by atoms with Gasteiger partial charge in [0, 0.05) is 12.7 Å². The Morgan fingerprint density at radius 2 is 2.23 bits per heavy atom. The third kappa shape index (κ3) is 1.46. The average molecular weight is 172 g/mol. The fraction of sp³-hybridized carbons (Fsp3) is 0.100. The van der Waals surface area contributed by atoms with Gasteiger partial charge in [-0.15, -0.1) is 0 Å². The van der Waals surface area contributed by atoms with Crippen LogP contribution in [0.1, 0.15) is 5.56 Å². The summed E-state index contributed by atoms with van der Waals surface area (Å²) in [6, 6.07) is 9.70. The standard InChI is InChI=1S/C10H10N3/c11-8-9-4-1-2-5-10(9)13-7-3-6-12-13/h1-5,7H,8,11H2. The minimum absolute atomic E-state index is 0.524. The Hall–Kier alpha value is -1.61. The largest absolute Gasteiger partial charge is 0.326 e. The van der Waals surface area contributed by atoms with E-state index >= 15 is 0 Å². The number of hydrogen-bond acceptors (Lipinski definition) is 2. The van der Waals surface area contributed by atoms with Crippen LogP contribution in [0.3, 0.4) is 0 Å². The SMILES string of the molecule is NCc1ccccc1-n1cc[c]n1. The van der Waals surface area contributed by atoms with Crippen LogP contribution in [0.5, 0.6) is 0 Å². The second-order valence-electron chi connectivity index (χ2n) is 2.72. The molecule has 0 atom stereocenters. The van der Waals surface area contributed by atoms with E-state index in [4.69, 9.17) is 5.73 Å². The Balaban J connectivity index is 2.51. The molecule has 3 heteroatoms. The van der Waals surface area contributed by atoms with E-state index in [1.807, 2.05) is 30.5 Å². The molecule has 0 aliphatic carbocycles. The number of rotatable bonds is 2. The van der Waals surface area contributed by atoms with Gasteiger partial charge < -0.3 is 5.73 Å². The van der Waals surface area contributed by atoms with Crippen molar-refractivity contribution in [1.82, 2.24) is 9.78 Å². The molecule has 13 heavy (non-hydrogen) atoms. The minimum Gasteiger partial charge on any atom is -0.326 e. The van der Waals surface area contributed by atoms with E-state index in [9.17, 15) is 0 Å². The van der Waals surface area contributed by atoms with Crippen LogP contribution in [0.25, 0.3) is 5.69 Å². The van der Waals surface area contributed by atoms with Crippen LogP contribution in [0.4, 0.5) is 0 Å². The zero-order valence-electron chi connectivity index (χ0n) is 7.14. The zero-order chi connectivity index (χ0) is 9.10. The topological polar surface area (TPSA) is 43.8 Å². The van der Waals surface area contributed by atoms with Gasteiger partial charge in [0.25, 0.3) is 0 Å². The molecule has 65 valence electrons. The monoisotopic (exact) mass is 172 g/mol. The van der Waals surface area contributed by atoms with Crippen molar-refractivity contribution in [2.24, 2.45) is 5.73 Å². The lowest BCUT2D eigenvalue weighted by molar-refractivity contribution is 0.856. The van der Waals surface area contributed by atoms with E-state index in [0.717, 1.165) is 11.3 Å². The Bertz CT molecular complexity index is 379. The summed E-state index contributed by atoms with van der Waals surface area (Å²) < 4.78 is 1.77. The highest BCUT2D eigenvalue weighted by Gasteiger charge is 2.00. The van der Waals surface area contributed by atoms with Gasteiger partial charge in [-0.1, -0.05) is 18.2 Å². The molecule has 1 radical (unpaired) electrons. The molecule has 1 heterocycles. The van der Waals surface area contributed by atoms with Crippen molar-refractivity contribution < 1.29 is 0 Å². The van der Waals surface area contributed by atoms with Crippen LogP contribution < -0.4 is 5.73 Å². The van der Waals surface area contributed by atoms with Gasteiger partial charge in [0.2, 0.25) is 0 Å². The zero-order valence-corrected chi connectivity index (χ0v) is 7.14. The van der Waals surface area contributed by atoms with Gasteiger partial charge >= 0.3 is 0 Å². The first-order chi connectivity index (χ1) is 6.42. The molecule has 3 nitrogen and oxygen atoms in total. The third-order valence-electron chi connectivity index (χ3n) is 1.91. The molecular weight excluding hydrogens is 162 g/mol. The first-order valence-electron chi connectivity index (χ1n) is 4.12. The van der Waals surface area contributed by atoms with Gasteiger partial charge in [-0.2, -0.15) is 5.10 Å². The predicted molar refractivity (Wildman–Crippen MR) is 50.3 cm³/mol. The molecule has 1 aromatic carbocycles. The fourth-order valence-corrected chi connectivity index (χ4v) is 1.27. The number of para-hydroxylation sites is 1. The number of aromatic nitrogens is 2. The van der Waals surface area contributed by atoms with Crippen molar-refractivity contribution in [2.75, 3.05) is 0 Å². The molecule has 2 rings (SSSR count). The summed E-state index contributed by atoms with van der Waals surface area (Å²) >= 11 is 0. The highest BCUT2D eigenvalue weighted by molar-refractivity contribution is 5.39. The van der Waals surface area contributed by atoms with Gasteiger partial charge in [0.15, 0.2) is 0 Å². The summed E-state index contributed by atoms with van der Waals surface area (Å²) in [5, 5.41) is 4.03. The first kappa shape index (κ1) is 8.01. The maximum atomic E-state index is 5.61. The molecular formula is C10H10N3. The number of hydrogen-bond donors (Lipinski definition) is 1. The van der Waals surface area contributed by atoms with Crippen LogP contribution in [0, 0.1) is 6.20 Å². The molecule has 0 aliphatic rings. The van der Waals surface area contributed by atoms with E-state index < -0.39 is 0 Å². The van der Waals surface area contributed by atoms with Gasteiger partial charge in [-0.3, -0.25) is 0 Å². The van der Waals surface area contributed by atoms with Crippen LogP contribution in [-0.2, 0) is 6.54 Å². The lowest BCUT2D eigenvalue weighted by Crippen LogP contribution is -2.04. The average Bonchev–Trinajstić information content (AvgIpc) is 2.70. The maximum absolute atomic E-state index is 5.61. The van der Waals surface area contributed by atoms with Crippen molar-refractivity contribution in [3.63, 3.8) is 0 Å². The first-order valence-corrected chi connectivity index (χ1v) is 4.12. The number of benzene rings is 1. The second kappa shape index (κ2) is 3.41. The Kier molecular flexibility index (Phi) is 2.10. The van der Waals surface area contributed by atoms with E-state index in [1.54, 1.807) is 10.7 Å². The fourth-order valence-electron chi connectivity index (χ4n) is 1.27. The van der Waals surface area contributed by atoms with Crippen molar-refractivity contribution in [3.05, 3.63) is 48.3 Å². The summed E-state index contributed by atoms with van der Waals surface area (Å²) in [6.07, 6.45) is 4.61. The van der Waals surface area contributed by atoms with Crippen molar-refractivity contribution >= 4 is 0 Å². The molecule has 0 saturated carbocycles.